The van der Waals surface area contributed by atoms with Crippen molar-refractivity contribution in [3.63, 3.8) is 0 Å². The second kappa shape index (κ2) is 6.62. The lowest BCUT2D eigenvalue weighted by Gasteiger charge is -2.05. The second-order valence-electron chi connectivity index (χ2n) is 3.28. The van der Waals surface area contributed by atoms with E-state index in [1.165, 1.54) is 6.08 Å². The van der Waals surface area contributed by atoms with Gasteiger partial charge >= 0.3 is 5.97 Å². The van der Waals surface area contributed by atoms with Crippen LogP contribution in [-0.4, -0.2) is 12.6 Å². The molecule has 0 radical (unpaired) electrons. The predicted molar refractivity (Wildman–Crippen MR) is 65.9 cm³/mol. The summed E-state index contributed by atoms with van der Waals surface area (Å²) in [6, 6.07) is 9.76. The SMILES string of the molecule is C=CC/C(=C\C(=O)OCC)c1ccccc1. The number of benzene rings is 1. The van der Waals surface area contributed by atoms with Crippen LogP contribution in [0.2, 0.25) is 0 Å². The Balaban J connectivity index is 2.91. The van der Waals surface area contributed by atoms with E-state index in [9.17, 15) is 4.79 Å². The van der Waals surface area contributed by atoms with E-state index < -0.39 is 0 Å². The summed E-state index contributed by atoms with van der Waals surface area (Å²) < 4.78 is 4.89. The minimum absolute atomic E-state index is 0.303. The number of esters is 1. The minimum Gasteiger partial charge on any atom is -0.463 e. The van der Waals surface area contributed by atoms with Gasteiger partial charge in [-0.15, -0.1) is 6.58 Å². The van der Waals surface area contributed by atoms with Crippen LogP contribution in [0.15, 0.2) is 49.1 Å². The molecule has 84 valence electrons. The van der Waals surface area contributed by atoms with Crippen LogP contribution in [0.3, 0.4) is 0 Å². The van der Waals surface area contributed by atoms with Crippen molar-refractivity contribution < 1.29 is 9.53 Å². The van der Waals surface area contributed by atoms with Crippen molar-refractivity contribution in [3.8, 4) is 0 Å². The average Bonchev–Trinajstić information content (AvgIpc) is 2.30. The molecule has 0 atom stereocenters. The summed E-state index contributed by atoms with van der Waals surface area (Å²) in [6.07, 6.45) is 3.96. The van der Waals surface area contributed by atoms with Crippen molar-refractivity contribution in [2.45, 2.75) is 13.3 Å². The molecule has 0 aliphatic carbocycles. The highest BCUT2D eigenvalue weighted by Gasteiger charge is 2.03. The Hall–Kier alpha value is -1.83. The Morgan fingerprint density at radius 3 is 2.62 bits per heavy atom. The number of hydrogen-bond donors (Lipinski definition) is 0. The lowest BCUT2D eigenvalue weighted by atomic mass is 10.0. The molecule has 0 saturated carbocycles. The van der Waals surface area contributed by atoms with Gasteiger partial charge < -0.3 is 4.74 Å². The summed E-state index contributed by atoms with van der Waals surface area (Å²) in [4.78, 5) is 11.4. The highest BCUT2D eigenvalue weighted by Crippen LogP contribution is 2.18. The maximum absolute atomic E-state index is 11.4. The summed E-state index contributed by atoms with van der Waals surface area (Å²) in [7, 11) is 0. The number of allylic oxidation sites excluding steroid dienone is 2. The van der Waals surface area contributed by atoms with Crippen molar-refractivity contribution in [1.29, 1.82) is 0 Å². The van der Waals surface area contributed by atoms with Gasteiger partial charge in [-0.05, 0) is 24.5 Å². The van der Waals surface area contributed by atoms with Gasteiger partial charge in [0.2, 0.25) is 0 Å². The number of ether oxygens (including phenoxy) is 1. The van der Waals surface area contributed by atoms with Gasteiger partial charge in [-0.1, -0.05) is 36.4 Å². The molecule has 16 heavy (non-hydrogen) atoms. The molecule has 1 rings (SSSR count). The minimum atomic E-state index is -0.303. The lowest BCUT2D eigenvalue weighted by Crippen LogP contribution is -2.00. The van der Waals surface area contributed by atoms with Gasteiger partial charge in [-0.3, -0.25) is 0 Å². The number of rotatable bonds is 5. The summed E-state index contributed by atoms with van der Waals surface area (Å²) in [6.45, 7) is 5.87. The Bertz CT molecular complexity index is 377. The number of carbonyl (C=O) groups excluding carboxylic acids is 1. The fourth-order valence-corrected chi connectivity index (χ4v) is 1.39. The van der Waals surface area contributed by atoms with Gasteiger partial charge in [0.15, 0.2) is 0 Å². The van der Waals surface area contributed by atoms with Crippen LogP contribution in [0.5, 0.6) is 0 Å². The van der Waals surface area contributed by atoms with Gasteiger partial charge in [0.05, 0.1) is 6.61 Å². The smallest absolute Gasteiger partial charge is 0.331 e. The highest BCUT2D eigenvalue weighted by atomic mass is 16.5. The Labute approximate surface area is 96.2 Å². The largest absolute Gasteiger partial charge is 0.463 e. The number of hydrogen-bond acceptors (Lipinski definition) is 2. The summed E-state index contributed by atoms with van der Waals surface area (Å²) in [5.41, 5.74) is 1.95. The standard InChI is InChI=1S/C14H16O2/c1-3-8-13(11-14(15)16-4-2)12-9-6-5-7-10-12/h3,5-7,9-11H,1,4,8H2,2H3/b13-11+. The first-order chi connectivity index (χ1) is 7.77. The molecule has 0 N–H and O–H groups in total. The van der Waals surface area contributed by atoms with E-state index in [1.54, 1.807) is 13.0 Å². The van der Waals surface area contributed by atoms with Gasteiger partial charge in [0.25, 0.3) is 0 Å². The topological polar surface area (TPSA) is 26.3 Å². The first-order valence-electron chi connectivity index (χ1n) is 5.31. The maximum Gasteiger partial charge on any atom is 0.331 e. The van der Waals surface area contributed by atoms with Crippen LogP contribution in [0.4, 0.5) is 0 Å². The van der Waals surface area contributed by atoms with Gasteiger partial charge in [-0.25, -0.2) is 4.79 Å². The zero-order valence-electron chi connectivity index (χ0n) is 9.48. The van der Waals surface area contributed by atoms with Crippen molar-refractivity contribution in [1.82, 2.24) is 0 Å². The fraction of sp³-hybridized carbons (Fsp3) is 0.214. The second-order valence-corrected chi connectivity index (χ2v) is 3.28. The fourth-order valence-electron chi connectivity index (χ4n) is 1.39. The molecular formula is C14H16O2. The molecule has 2 nitrogen and oxygen atoms in total. The molecule has 0 spiro atoms. The predicted octanol–water partition coefficient (Wildman–Crippen LogP) is 3.21. The molecule has 0 aliphatic heterocycles. The third-order valence-corrected chi connectivity index (χ3v) is 2.09. The lowest BCUT2D eigenvalue weighted by molar-refractivity contribution is -0.137. The van der Waals surface area contributed by atoms with E-state index in [0.29, 0.717) is 13.0 Å². The first kappa shape index (κ1) is 12.2. The monoisotopic (exact) mass is 216 g/mol. The molecule has 0 bridgehead atoms. The van der Waals surface area contributed by atoms with E-state index in [1.807, 2.05) is 30.3 Å². The van der Waals surface area contributed by atoms with Crippen LogP contribution < -0.4 is 0 Å². The van der Waals surface area contributed by atoms with Crippen LogP contribution >= 0.6 is 0 Å². The third kappa shape index (κ3) is 3.73. The molecule has 2 heteroatoms. The average molecular weight is 216 g/mol. The van der Waals surface area contributed by atoms with Crippen LogP contribution in [0.25, 0.3) is 5.57 Å². The van der Waals surface area contributed by atoms with Gasteiger partial charge in [-0.2, -0.15) is 0 Å². The Morgan fingerprint density at radius 2 is 2.06 bits per heavy atom. The molecule has 0 aliphatic rings. The molecule has 0 heterocycles. The van der Waals surface area contributed by atoms with Crippen molar-refractivity contribution >= 4 is 11.5 Å². The quantitative estimate of drug-likeness (QED) is 0.429. The van der Waals surface area contributed by atoms with Crippen LogP contribution in [0, 0.1) is 0 Å². The summed E-state index contributed by atoms with van der Waals surface area (Å²) in [5.74, 6) is -0.303. The molecule has 0 fully saturated rings. The van der Waals surface area contributed by atoms with Crippen molar-refractivity contribution in [2.24, 2.45) is 0 Å². The van der Waals surface area contributed by atoms with Crippen molar-refractivity contribution in [3.05, 3.63) is 54.6 Å². The zero-order valence-corrected chi connectivity index (χ0v) is 9.48. The number of carbonyl (C=O) groups is 1. The molecule has 0 amide bonds. The zero-order chi connectivity index (χ0) is 11.8. The molecule has 0 unspecified atom stereocenters. The molecule has 0 aromatic heterocycles. The van der Waals surface area contributed by atoms with Crippen molar-refractivity contribution in [2.75, 3.05) is 6.61 Å². The van der Waals surface area contributed by atoms with E-state index in [-0.39, 0.29) is 5.97 Å². The summed E-state index contributed by atoms with van der Waals surface area (Å²) >= 11 is 0. The summed E-state index contributed by atoms with van der Waals surface area (Å²) in [5, 5.41) is 0. The molecule has 0 saturated heterocycles. The van der Waals surface area contributed by atoms with Crippen LogP contribution in [-0.2, 0) is 9.53 Å². The molecular weight excluding hydrogens is 200 g/mol. The first-order valence-corrected chi connectivity index (χ1v) is 5.31. The highest BCUT2D eigenvalue weighted by molar-refractivity contribution is 5.91. The van der Waals surface area contributed by atoms with E-state index >= 15 is 0 Å². The Morgan fingerprint density at radius 1 is 1.38 bits per heavy atom. The molecule has 1 aromatic carbocycles. The third-order valence-electron chi connectivity index (χ3n) is 2.09. The van der Waals surface area contributed by atoms with E-state index in [4.69, 9.17) is 4.74 Å². The van der Waals surface area contributed by atoms with Gasteiger partial charge in [0, 0.05) is 6.08 Å². The van der Waals surface area contributed by atoms with E-state index in [2.05, 4.69) is 6.58 Å². The molecule has 1 aromatic rings. The normalized spacial score (nSPS) is 10.9. The van der Waals surface area contributed by atoms with Gasteiger partial charge in [0.1, 0.15) is 0 Å². The maximum atomic E-state index is 11.4. The Kier molecular flexibility index (Phi) is 5.06. The van der Waals surface area contributed by atoms with Crippen LogP contribution in [0.1, 0.15) is 18.9 Å². The van der Waals surface area contributed by atoms with E-state index in [0.717, 1.165) is 11.1 Å².